The van der Waals surface area contributed by atoms with Gasteiger partial charge in [0.15, 0.2) is 6.10 Å². The van der Waals surface area contributed by atoms with Crippen molar-refractivity contribution in [2.45, 2.75) is 31.3 Å². The molecular weight excluding hydrogens is 368 g/mol. The number of esters is 1. The van der Waals surface area contributed by atoms with E-state index >= 15 is 0 Å². The van der Waals surface area contributed by atoms with Crippen LogP contribution in [-0.2, 0) is 20.7 Å². The molecule has 2 aromatic rings. The number of rotatable bonds is 8. The lowest BCUT2D eigenvalue weighted by molar-refractivity contribution is -0.387. The fraction of sp³-hybridized carbons (Fsp3) is 0.263. The fourth-order valence-electron chi connectivity index (χ4n) is 2.22. The van der Waals surface area contributed by atoms with Crippen LogP contribution < -0.4 is 5.32 Å². The van der Waals surface area contributed by atoms with E-state index in [-0.39, 0.29) is 11.4 Å². The fourth-order valence-corrected chi connectivity index (χ4v) is 3.03. The van der Waals surface area contributed by atoms with Crippen LogP contribution in [0.15, 0.2) is 53.4 Å². The first-order valence-electron chi connectivity index (χ1n) is 8.36. The van der Waals surface area contributed by atoms with Crippen molar-refractivity contribution < 1.29 is 19.2 Å². The Morgan fingerprint density at radius 1 is 1.19 bits per heavy atom. The van der Waals surface area contributed by atoms with Gasteiger partial charge in [0.2, 0.25) is 0 Å². The van der Waals surface area contributed by atoms with E-state index in [2.05, 4.69) is 5.32 Å². The van der Waals surface area contributed by atoms with Gasteiger partial charge in [0.1, 0.15) is 0 Å². The van der Waals surface area contributed by atoms with E-state index in [1.807, 2.05) is 19.1 Å². The number of hydrogen-bond acceptors (Lipinski definition) is 6. The quantitative estimate of drug-likeness (QED) is 0.319. The normalized spacial score (nSPS) is 11.5. The summed E-state index contributed by atoms with van der Waals surface area (Å²) in [7, 11) is 0. The summed E-state index contributed by atoms with van der Waals surface area (Å²) in [5, 5.41) is 13.7. The first-order chi connectivity index (χ1) is 12.9. The lowest BCUT2D eigenvalue weighted by Gasteiger charge is -2.13. The number of nitro groups is 1. The highest BCUT2D eigenvalue weighted by Gasteiger charge is 2.20. The number of carbonyl (C=O) groups excluding carboxylic acids is 2. The molecule has 0 aromatic heterocycles. The predicted octanol–water partition coefficient (Wildman–Crippen LogP) is 3.82. The average molecular weight is 388 g/mol. The number of thioether (sulfide) groups is 1. The molecule has 0 aliphatic carbocycles. The first kappa shape index (κ1) is 20.4. The molecule has 0 aliphatic rings. The molecule has 0 saturated carbocycles. The van der Waals surface area contributed by atoms with Crippen molar-refractivity contribution >= 4 is 35.0 Å². The van der Waals surface area contributed by atoms with E-state index in [1.54, 1.807) is 30.3 Å². The monoisotopic (exact) mass is 388 g/mol. The molecule has 0 bridgehead atoms. The maximum Gasteiger partial charge on any atom is 0.317 e. The highest BCUT2D eigenvalue weighted by atomic mass is 32.2. The molecule has 0 radical (unpaired) electrons. The SMILES string of the molecule is CCc1ccc(NC(=O)[C@@H](C)OC(=O)CSc2ccccc2[N+](=O)[O-])cc1. The van der Waals surface area contributed by atoms with Crippen LogP contribution in [0.3, 0.4) is 0 Å². The minimum absolute atomic E-state index is 0.0726. The minimum Gasteiger partial charge on any atom is -0.452 e. The van der Waals surface area contributed by atoms with Crippen molar-refractivity contribution in [3.8, 4) is 0 Å². The van der Waals surface area contributed by atoms with E-state index in [1.165, 1.54) is 13.0 Å². The van der Waals surface area contributed by atoms with Crippen molar-refractivity contribution in [3.05, 3.63) is 64.2 Å². The third-order valence-electron chi connectivity index (χ3n) is 3.71. The molecule has 2 aromatic carbocycles. The molecular formula is C19H20N2O5S. The van der Waals surface area contributed by atoms with Crippen molar-refractivity contribution in [3.63, 3.8) is 0 Å². The van der Waals surface area contributed by atoms with Crippen LogP contribution in [0.1, 0.15) is 19.4 Å². The Hall–Kier alpha value is -2.87. The minimum atomic E-state index is -0.977. The van der Waals surface area contributed by atoms with Crippen molar-refractivity contribution in [1.29, 1.82) is 0 Å². The van der Waals surface area contributed by atoms with Gasteiger partial charge in [-0.15, -0.1) is 11.8 Å². The molecule has 7 nitrogen and oxygen atoms in total. The zero-order valence-electron chi connectivity index (χ0n) is 15.0. The standard InChI is InChI=1S/C19H20N2O5S/c1-3-14-8-10-15(11-9-14)20-19(23)13(2)26-18(22)12-27-17-7-5-4-6-16(17)21(24)25/h4-11,13H,3,12H2,1-2H3,(H,20,23)/t13-/m1/s1. The second-order valence-corrected chi connectivity index (χ2v) is 6.70. The maximum atomic E-state index is 12.1. The molecule has 2 rings (SSSR count). The Balaban J connectivity index is 1.85. The van der Waals surface area contributed by atoms with Gasteiger partial charge in [-0.05, 0) is 37.1 Å². The van der Waals surface area contributed by atoms with Crippen molar-refractivity contribution in [2.24, 2.45) is 0 Å². The molecule has 1 amide bonds. The molecule has 0 saturated heterocycles. The molecule has 0 fully saturated rings. The number of ether oxygens (including phenoxy) is 1. The van der Waals surface area contributed by atoms with Gasteiger partial charge in [-0.2, -0.15) is 0 Å². The van der Waals surface area contributed by atoms with Crippen LogP contribution in [0.4, 0.5) is 11.4 Å². The number of aryl methyl sites for hydroxylation is 1. The van der Waals surface area contributed by atoms with Crippen LogP contribution in [0.2, 0.25) is 0 Å². The van der Waals surface area contributed by atoms with Gasteiger partial charge in [-0.25, -0.2) is 0 Å². The molecule has 142 valence electrons. The van der Waals surface area contributed by atoms with Gasteiger partial charge >= 0.3 is 5.97 Å². The summed E-state index contributed by atoms with van der Waals surface area (Å²) >= 11 is 0.997. The Labute approximate surface area is 161 Å². The highest BCUT2D eigenvalue weighted by Crippen LogP contribution is 2.28. The topological polar surface area (TPSA) is 98.5 Å². The Bertz CT molecular complexity index is 823. The summed E-state index contributed by atoms with van der Waals surface area (Å²) in [4.78, 5) is 34.9. The number of amides is 1. The van der Waals surface area contributed by atoms with Crippen molar-refractivity contribution in [2.75, 3.05) is 11.1 Å². The number of anilines is 1. The number of carbonyl (C=O) groups is 2. The van der Waals surface area contributed by atoms with Crippen LogP contribution >= 0.6 is 11.8 Å². The summed E-state index contributed by atoms with van der Waals surface area (Å²) in [5.41, 5.74) is 1.70. The lowest BCUT2D eigenvalue weighted by atomic mass is 10.1. The van der Waals surface area contributed by atoms with E-state index in [0.717, 1.165) is 23.7 Å². The van der Waals surface area contributed by atoms with E-state index in [0.29, 0.717) is 10.6 Å². The molecule has 1 atom stereocenters. The largest absolute Gasteiger partial charge is 0.452 e. The predicted molar refractivity (Wildman–Crippen MR) is 104 cm³/mol. The van der Waals surface area contributed by atoms with Crippen LogP contribution in [0.5, 0.6) is 0 Å². The number of nitrogens with one attached hydrogen (secondary N) is 1. The zero-order chi connectivity index (χ0) is 19.8. The molecule has 1 N–H and O–H groups in total. The summed E-state index contributed by atoms with van der Waals surface area (Å²) in [6.07, 6.45) is -0.0749. The Kier molecular flexibility index (Phi) is 7.36. The third-order valence-corrected chi connectivity index (χ3v) is 4.75. The van der Waals surface area contributed by atoms with Gasteiger partial charge in [0.25, 0.3) is 11.6 Å². The second kappa shape index (κ2) is 9.72. The van der Waals surface area contributed by atoms with Gasteiger partial charge in [0.05, 0.1) is 15.6 Å². The highest BCUT2D eigenvalue weighted by molar-refractivity contribution is 8.00. The van der Waals surface area contributed by atoms with Gasteiger partial charge < -0.3 is 10.1 Å². The zero-order valence-corrected chi connectivity index (χ0v) is 15.8. The summed E-state index contributed by atoms with van der Waals surface area (Å²) < 4.78 is 5.11. The van der Waals surface area contributed by atoms with Gasteiger partial charge in [0, 0.05) is 11.8 Å². The van der Waals surface area contributed by atoms with Crippen LogP contribution in [-0.4, -0.2) is 28.7 Å². The molecule has 0 spiro atoms. The van der Waals surface area contributed by atoms with Crippen LogP contribution in [0.25, 0.3) is 0 Å². The molecule has 8 heteroatoms. The summed E-state index contributed by atoms with van der Waals surface area (Å²) in [6.45, 7) is 3.51. The first-order valence-corrected chi connectivity index (χ1v) is 9.34. The average Bonchev–Trinajstić information content (AvgIpc) is 2.67. The van der Waals surface area contributed by atoms with E-state index in [9.17, 15) is 19.7 Å². The number of hydrogen-bond donors (Lipinski definition) is 1. The summed E-state index contributed by atoms with van der Waals surface area (Å²) in [5.74, 6) is -1.20. The number of benzene rings is 2. The second-order valence-electron chi connectivity index (χ2n) is 5.69. The van der Waals surface area contributed by atoms with E-state index in [4.69, 9.17) is 4.74 Å². The number of para-hydroxylation sites is 1. The lowest BCUT2D eigenvalue weighted by Crippen LogP contribution is -2.30. The number of nitrogens with zero attached hydrogens (tertiary/aromatic N) is 1. The maximum absolute atomic E-state index is 12.1. The van der Waals surface area contributed by atoms with Gasteiger partial charge in [-0.3, -0.25) is 19.7 Å². The Morgan fingerprint density at radius 3 is 2.48 bits per heavy atom. The van der Waals surface area contributed by atoms with Gasteiger partial charge in [-0.1, -0.05) is 31.2 Å². The summed E-state index contributed by atoms with van der Waals surface area (Å²) in [6, 6.07) is 13.5. The molecule has 0 heterocycles. The van der Waals surface area contributed by atoms with E-state index < -0.39 is 22.9 Å². The Morgan fingerprint density at radius 2 is 1.85 bits per heavy atom. The molecule has 0 aliphatic heterocycles. The molecule has 27 heavy (non-hydrogen) atoms. The number of nitro benzene ring substituents is 1. The smallest absolute Gasteiger partial charge is 0.317 e. The molecule has 0 unspecified atom stereocenters. The van der Waals surface area contributed by atoms with Crippen LogP contribution in [0, 0.1) is 10.1 Å². The van der Waals surface area contributed by atoms with Crippen molar-refractivity contribution in [1.82, 2.24) is 0 Å². The third kappa shape index (κ3) is 6.10.